The van der Waals surface area contributed by atoms with Crippen LogP contribution in [-0.4, -0.2) is 28.2 Å². The number of aromatic nitrogens is 1. The van der Waals surface area contributed by atoms with Crippen LogP contribution >= 0.6 is 11.3 Å². The maximum absolute atomic E-state index is 12.7. The summed E-state index contributed by atoms with van der Waals surface area (Å²) < 4.78 is 8.30. The number of nitrogens with zero attached hydrogens (tertiary/aromatic N) is 2. The van der Waals surface area contributed by atoms with Gasteiger partial charge in [0, 0.05) is 11.6 Å². The van der Waals surface area contributed by atoms with Crippen LogP contribution in [0.5, 0.6) is 5.75 Å². The van der Waals surface area contributed by atoms with Crippen LogP contribution in [0.2, 0.25) is 0 Å². The van der Waals surface area contributed by atoms with Crippen LogP contribution in [0.3, 0.4) is 0 Å². The van der Waals surface area contributed by atoms with Gasteiger partial charge < -0.3 is 14.4 Å². The first kappa shape index (κ1) is 21.8. The van der Waals surface area contributed by atoms with Crippen LogP contribution in [0.15, 0.2) is 47.5 Å². The van der Waals surface area contributed by atoms with Crippen molar-refractivity contribution in [2.75, 3.05) is 6.61 Å². The van der Waals surface area contributed by atoms with Gasteiger partial charge in [0.2, 0.25) is 0 Å². The highest BCUT2D eigenvalue weighted by atomic mass is 32.1. The molecule has 0 radical (unpaired) electrons. The number of carboxylic acids is 1. The molecule has 0 fully saturated rings. The monoisotopic (exact) mass is 426 g/mol. The number of ether oxygens (including phenoxy) is 1. The van der Waals surface area contributed by atoms with Crippen molar-refractivity contribution in [3.05, 3.63) is 58.4 Å². The van der Waals surface area contributed by atoms with E-state index >= 15 is 0 Å². The molecule has 6 nitrogen and oxygen atoms in total. The van der Waals surface area contributed by atoms with E-state index in [9.17, 15) is 14.7 Å². The van der Waals surface area contributed by atoms with Crippen LogP contribution in [-0.2, 0) is 4.79 Å². The molecular formula is C23H26N2O4S. The molecule has 0 aliphatic heterocycles. The second-order valence-electron chi connectivity index (χ2n) is 7.13. The molecule has 1 atom stereocenters. The molecule has 0 aliphatic carbocycles. The molecule has 3 rings (SSSR count). The first-order valence-electron chi connectivity index (χ1n) is 10.1. The second-order valence-corrected chi connectivity index (χ2v) is 8.14. The van der Waals surface area contributed by atoms with Crippen LogP contribution < -0.4 is 9.54 Å². The topological polar surface area (TPSA) is 80.9 Å². The van der Waals surface area contributed by atoms with Gasteiger partial charge in [0.1, 0.15) is 11.8 Å². The summed E-state index contributed by atoms with van der Waals surface area (Å²) in [6.07, 6.45) is 2.34. The molecule has 1 amide bonds. The number of carboxylic acid groups (broad SMARTS) is 1. The van der Waals surface area contributed by atoms with Crippen molar-refractivity contribution in [2.24, 2.45) is 4.99 Å². The van der Waals surface area contributed by atoms with Gasteiger partial charge in [-0.1, -0.05) is 49.3 Å². The van der Waals surface area contributed by atoms with E-state index in [4.69, 9.17) is 4.74 Å². The van der Waals surface area contributed by atoms with Gasteiger partial charge in [-0.2, -0.15) is 4.99 Å². The summed E-state index contributed by atoms with van der Waals surface area (Å²) >= 11 is 1.30. The highest BCUT2D eigenvalue weighted by Gasteiger charge is 2.22. The quantitative estimate of drug-likeness (QED) is 0.516. The fourth-order valence-electron chi connectivity index (χ4n) is 3.14. The minimum atomic E-state index is -0.960. The van der Waals surface area contributed by atoms with Gasteiger partial charge in [0.15, 0.2) is 4.80 Å². The molecule has 1 unspecified atom stereocenters. The Hall–Kier alpha value is -2.93. The number of rotatable bonds is 8. The molecule has 30 heavy (non-hydrogen) atoms. The molecule has 3 aromatic rings. The number of carbonyl (C=O) groups excluding carboxylic acids is 1. The van der Waals surface area contributed by atoms with Gasteiger partial charge >= 0.3 is 5.97 Å². The number of aliphatic carboxylic acids is 1. The Kier molecular flexibility index (Phi) is 7.05. The molecule has 0 saturated carbocycles. The van der Waals surface area contributed by atoms with E-state index in [2.05, 4.69) is 11.9 Å². The number of amides is 1. The van der Waals surface area contributed by atoms with Crippen LogP contribution in [0.25, 0.3) is 10.2 Å². The van der Waals surface area contributed by atoms with E-state index in [1.165, 1.54) is 11.3 Å². The van der Waals surface area contributed by atoms with Crippen molar-refractivity contribution >= 4 is 33.4 Å². The van der Waals surface area contributed by atoms with Crippen LogP contribution in [0, 0.1) is 6.92 Å². The van der Waals surface area contributed by atoms with Crippen LogP contribution in [0.1, 0.15) is 55.1 Å². The van der Waals surface area contributed by atoms with E-state index in [1.807, 2.05) is 44.2 Å². The molecule has 1 aromatic heterocycles. The maximum atomic E-state index is 12.7. The molecular weight excluding hydrogens is 400 g/mol. The van der Waals surface area contributed by atoms with Crippen molar-refractivity contribution in [2.45, 2.75) is 46.1 Å². The molecule has 0 saturated heterocycles. The summed E-state index contributed by atoms with van der Waals surface area (Å²) in [5.41, 5.74) is 2.23. The van der Waals surface area contributed by atoms with E-state index in [-0.39, 0.29) is 0 Å². The summed E-state index contributed by atoms with van der Waals surface area (Å²) in [6, 6.07) is 11.9. The molecule has 0 bridgehead atoms. The number of hydrogen-bond acceptors (Lipinski definition) is 4. The first-order chi connectivity index (χ1) is 14.4. The molecule has 1 heterocycles. The highest BCUT2D eigenvalue weighted by Crippen LogP contribution is 2.27. The van der Waals surface area contributed by atoms with Gasteiger partial charge in [-0.15, -0.1) is 0 Å². The largest absolute Gasteiger partial charge is 0.494 e. The van der Waals surface area contributed by atoms with Gasteiger partial charge in [0.25, 0.3) is 5.91 Å². The maximum Gasteiger partial charge on any atom is 0.326 e. The van der Waals surface area contributed by atoms with Gasteiger partial charge in [-0.25, -0.2) is 4.79 Å². The first-order valence-corrected chi connectivity index (χ1v) is 10.9. The third kappa shape index (κ3) is 4.79. The van der Waals surface area contributed by atoms with Gasteiger partial charge in [0.05, 0.1) is 16.8 Å². The second kappa shape index (κ2) is 9.71. The van der Waals surface area contributed by atoms with Crippen molar-refractivity contribution in [3.8, 4) is 5.75 Å². The number of benzene rings is 2. The predicted molar refractivity (Wildman–Crippen MR) is 118 cm³/mol. The SMILES string of the molecule is CCCCOc1ccc2s/c(=N\C(=O)c3ccc(C)cc3)n(C(CC)C(=O)O)c2c1. The fraction of sp³-hybridized carbons (Fsp3) is 0.348. The summed E-state index contributed by atoms with van der Waals surface area (Å²) in [4.78, 5) is 29.3. The zero-order chi connectivity index (χ0) is 21.7. The molecule has 1 N–H and O–H groups in total. The lowest BCUT2D eigenvalue weighted by molar-refractivity contribution is -0.140. The van der Waals surface area contributed by atoms with Crippen molar-refractivity contribution < 1.29 is 19.4 Å². The Bertz CT molecular complexity index is 1110. The number of aryl methyl sites for hydroxylation is 1. The van der Waals surface area contributed by atoms with Crippen molar-refractivity contribution in [1.29, 1.82) is 0 Å². The average molecular weight is 427 g/mol. The Morgan fingerprint density at radius 1 is 1.17 bits per heavy atom. The van der Waals surface area contributed by atoms with E-state index in [0.29, 0.717) is 34.7 Å². The minimum absolute atomic E-state index is 0.369. The summed E-state index contributed by atoms with van der Waals surface area (Å²) in [7, 11) is 0. The number of carbonyl (C=O) groups is 2. The third-order valence-electron chi connectivity index (χ3n) is 4.84. The smallest absolute Gasteiger partial charge is 0.326 e. The average Bonchev–Trinajstić information content (AvgIpc) is 3.06. The Labute approximate surface area is 179 Å². The molecule has 0 spiro atoms. The van der Waals surface area contributed by atoms with E-state index in [0.717, 1.165) is 23.1 Å². The minimum Gasteiger partial charge on any atom is -0.494 e. The number of thiazole rings is 1. The molecule has 2 aromatic carbocycles. The van der Waals surface area contributed by atoms with Crippen molar-refractivity contribution in [1.82, 2.24) is 4.57 Å². The van der Waals surface area contributed by atoms with E-state index in [1.54, 1.807) is 16.7 Å². The Balaban J connectivity index is 2.13. The highest BCUT2D eigenvalue weighted by molar-refractivity contribution is 7.16. The number of hydrogen-bond donors (Lipinski definition) is 1. The fourth-order valence-corrected chi connectivity index (χ4v) is 4.19. The lowest BCUT2D eigenvalue weighted by Gasteiger charge is -2.14. The summed E-state index contributed by atoms with van der Waals surface area (Å²) in [5, 5.41) is 9.78. The van der Waals surface area contributed by atoms with Gasteiger partial charge in [-0.05, 0) is 44.0 Å². The molecule has 0 aliphatic rings. The zero-order valence-electron chi connectivity index (χ0n) is 17.4. The lowest BCUT2D eigenvalue weighted by atomic mass is 10.1. The number of unbranched alkanes of at least 4 members (excludes halogenated alkanes) is 1. The zero-order valence-corrected chi connectivity index (χ0v) is 18.2. The normalized spacial score (nSPS) is 12.8. The predicted octanol–water partition coefficient (Wildman–Crippen LogP) is 4.97. The van der Waals surface area contributed by atoms with Crippen LogP contribution in [0.4, 0.5) is 0 Å². The molecule has 7 heteroatoms. The Morgan fingerprint density at radius 3 is 2.53 bits per heavy atom. The molecule has 158 valence electrons. The lowest BCUT2D eigenvalue weighted by Crippen LogP contribution is -2.27. The Morgan fingerprint density at radius 2 is 1.90 bits per heavy atom. The summed E-state index contributed by atoms with van der Waals surface area (Å²) in [5.74, 6) is -0.673. The van der Waals surface area contributed by atoms with Gasteiger partial charge in [-0.3, -0.25) is 4.79 Å². The summed E-state index contributed by atoms with van der Waals surface area (Å²) in [6.45, 7) is 6.45. The van der Waals surface area contributed by atoms with Crippen molar-refractivity contribution in [3.63, 3.8) is 0 Å². The van der Waals surface area contributed by atoms with E-state index < -0.39 is 17.9 Å². The third-order valence-corrected chi connectivity index (χ3v) is 5.88. The number of fused-ring (bicyclic) bond motifs is 1. The standard InChI is InChI=1S/C23H26N2O4S/c1-4-6-13-29-17-11-12-20-19(14-17)25(18(5-2)22(27)28)23(30-20)24-21(26)16-9-7-15(3)8-10-16/h7-12,14,18H,4-6,13H2,1-3H3,(H,27,28)/b24-23-.